The summed E-state index contributed by atoms with van der Waals surface area (Å²) < 4.78 is 34.6. The van der Waals surface area contributed by atoms with Crippen LogP contribution in [0, 0.1) is 0 Å². The molecule has 0 aliphatic heterocycles. The Bertz CT molecular complexity index is 579. The molecular weight excluding hydrogens is 375 g/mol. The summed E-state index contributed by atoms with van der Waals surface area (Å²) in [6, 6.07) is 2.96. The molecule has 4 nitrogen and oxygen atoms in total. The van der Waals surface area contributed by atoms with Crippen molar-refractivity contribution < 1.29 is 23.1 Å². The Balaban J connectivity index is 2.36. The van der Waals surface area contributed by atoms with Crippen LogP contribution in [-0.4, -0.2) is 25.5 Å². The van der Waals surface area contributed by atoms with Crippen molar-refractivity contribution in [3.63, 3.8) is 0 Å². The van der Waals surface area contributed by atoms with Gasteiger partial charge in [0.1, 0.15) is 19.0 Å². The van der Waals surface area contributed by atoms with Gasteiger partial charge < -0.3 is 14.3 Å². The largest absolute Gasteiger partial charge is 0.490 e. The lowest BCUT2D eigenvalue weighted by atomic mass is 10.2. The normalized spacial score (nSPS) is 10.2. The third-order valence-electron chi connectivity index (χ3n) is 2.83. The topological polar surface area (TPSA) is 40.0 Å². The summed E-state index contributed by atoms with van der Waals surface area (Å²) in [6.45, 7) is 4.48. The van der Waals surface area contributed by atoms with Gasteiger partial charge in [-0.3, -0.25) is 0 Å². The zero-order valence-corrected chi connectivity index (χ0v) is 15.7. The van der Waals surface area contributed by atoms with E-state index in [4.69, 9.17) is 37.5 Å². The lowest BCUT2D eigenvalue weighted by Gasteiger charge is -2.12. The van der Waals surface area contributed by atoms with Crippen LogP contribution in [0.4, 0.5) is 8.78 Å². The monoisotopic (exact) mass is 395 g/mol. The Kier molecular flexibility index (Phi) is 10.3. The Morgan fingerprint density at radius 1 is 1.04 bits per heavy atom. The first kappa shape index (κ1) is 21.5. The number of oxime groups is 1. The summed E-state index contributed by atoms with van der Waals surface area (Å²) >= 11 is 12.2. The van der Waals surface area contributed by atoms with E-state index in [1.807, 2.05) is 13.8 Å². The van der Waals surface area contributed by atoms with Crippen molar-refractivity contribution in [1.29, 1.82) is 0 Å². The summed E-state index contributed by atoms with van der Waals surface area (Å²) in [6.07, 6.45) is 1.44. The van der Waals surface area contributed by atoms with Crippen LogP contribution < -0.4 is 9.47 Å². The SMILES string of the molecule is CC(C)=NOCCCCCOc1c(Cl)cc(OCC=C(F)F)cc1Cl. The smallest absolute Gasteiger partial charge is 0.269 e. The first-order valence-corrected chi connectivity index (χ1v) is 8.54. The molecule has 0 unspecified atom stereocenters. The van der Waals surface area contributed by atoms with Crippen molar-refractivity contribution in [2.24, 2.45) is 5.16 Å². The van der Waals surface area contributed by atoms with Crippen LogP contribution in [0.5, 0.6) is 11.5 Å². The highest BCUT2D eigenvalue weighted by molar-refractivity contribution is 6.37. The van der Waals surface area contributed by atoms with Crippen molar-refractivity contribution in [1.82, 2.24) is 0 Å². The number of rotatable bonds is 11. The van der Waals surface area contributed by atoms with E-state index in [-0.39, 0.29) is 16.7 Å². The molecule has 0 aromatic heterocycles. The first-order valence-electron chi connectivity index (χ1n) is 7.79. The van der Waals surface area contributed by atoms with E-state index < -0.39 is 6.08 Å². The summed E-state index contributed by atoms with van der Waals surface area (Å²) in [5.74, 6) is 0.647. The number of nitrogens with zero attached hydrogens (tertiary/aromatic N) is 1. The van der Waals surface area contributed by atoms with Crippen molar-refractivity contribution in [3.8, 4) is 11.5 Å². The molecule has 0 saturated carbocycles. The maximum Gasteiger partial charge on any atom is 0.269 e. The standard InChI is InChI=1S/C17H21Cl2F2NO3/c1-12(2)22-25-8-5-3-4-7-24-17-14(18)10-13(11-15(17)19)23-9-6-16(20)21/h6,10-11H,3-5,7-9H2,1-2H3. The number of benzene rings is 1. The first-order chi connectivity index (χ1) is 11.9. The Morgan fingerprint density at radius 3 is 2.28 bits per heavy atom. The Morgan fingerprint density at radius 2 is 1.68 bits per heavy atom. The van der Waals surface area contributed by atoms with Gasteiger partial charge in [0, 0.05) is 18.2 Å². The fourth-order valence-electron chi connectivity index (χ4n) is 1.75. The van der Waals surface area contributed by atoms with Crippen LogP contribution in [0.2, 0.25) is 10.0 Å². The minimum absolute atomic E-state index is 0.265. The van der Waals surface area contributed by atoms with Gasteiger partial charge in [0.15, 0.2) is 5.75 Å². The zero-order chi connectivity index (χ0) is 18.7. The van der Waals surface area contributed by atoms with Gasteiger partial charge in [-0.25, -0.2) is 0 Å². The van der Waals surface area contributed by atoms with E-state index in [0.717, 1.165) is 25.0 Å². The van der Waals surface area contributed by atoms with E-state index in [1.165, 1.54) is 12.1 Å². The van der Waals surface area contributed by atoms with Gasteiger partial charge in [0.05, 0.1) is 22.4 Å². The molecule has 0 radical (unpaired) electrons. The highest BCUT2D eigenvalue weighted by atomic mass is 35.5. The molecule has 1 aromatic rings. The van der Waals surface area contributed by atoms with Crippen LogP contribution in [0.1, 0.15) is 33.1 Å². The quantitative estimate of drug-likeness (QED) is 0.257. The third kappa shape index (κ3) is 9.51. The molecule has 1 aromatic carbocycles. The molecule has 25 heavy (non-hydrogen) atoms. The number of unbranched alkanes of at least 4 members (excludes halogenated alkanes) is 2. The summed E-state index contributed by atoms with van der Waals surface area (Å²) in [7, 11) is 0. The minimum Gasteiger partial charge on any atom is -0.490 e. The second-order valence-electron chi connectivity index (χ2n) is 5.30. The van der Waals surface area contributed by atoms with Crippen LogP contribution in [0.3, 0.4) is 0 Å². The average Bonchev–Trinajstić information content (AvgIpc) is 2.51. The summed E-state index contributed by atoms with van der Waals surface area (Å²) in [5.41, 5.74) is 0.880. The molecule has 0 aliphatic carbocycles. The highest BCUT2D eigenvalue weighted by Gasteiger charge is 2.10. The summed E-state index contributed by atoms with van der Waals surface area (Å²) in [4.78, 5) is 5.10. The Hall–Kier alpha value is -1.53. The van der Waals surface area contributed by atoms with Crippen molar-refractivity contribution in [2.45, 2.75) is 33.1 Å². The molecule has 0 heterocycles. The van der Waals surface area contributed by atoms with Crippen LogP contribution >= 0.6 is 23.2 Å². The van der Waals surface area contributed by atoms with Gasteiger partial charge in [0.25, 0.3) is 6.08 Å². The molecule has 0 amide bonds. The average molecular weight is 396 g/mol. The second kappa shape index (κ2) is 11.9. The molecule has 0 aliphatic rings. The predicted molar refractivity (Wildman–Crippen MR) is 96.3 cm³/mol. The van der Waals surface area contributed by atoms with E-state index >= 15 is 0 Å². The molecule has 0 saturated heterocycles. The van der Waals surface area contributed by atoms with Crippen molar-refractivity contribution in [2.75, 3.05) is 19.8 Å². The highest BCUT2D eigenvalue weighted by Crippen LogP contribution is 2.37. The Labute approximate surface area is 156 Å². The molecular formula is C17H21Cl2F2NO3. The molecule has 0 atom stereocenters. The van der Waals surface area contributed by atoms with Gasteiger partial charge in [-0.2, -0.15) is 8.78 Å². The molecule has 140 valence electrons. The number of hydrogen-bond acceptors (Lipinski definition) is 4. The maximum atomic E-state index is 12.0. The van der Waals surface area contributed by atoms with Crippen LogP contribution in [-0.2, 0) is 4.84 Å². The number of hydrogen-bond donors (Lipinski definition) is 0. The van der Waals surface area contributed by atoms with Gasteiger partial charge in [-0.05, 0) is 33.1 Å². The van der Waals surface area contributed by atoms with Crippen LogP contribution in [0.15, 0.2) is 29.4 Å². The molecule has 1 rings (SSSR count). The fourth-order valence-corrected chi connectivity index (χ4v) is 2.33. The third-order valence-corrected chi connectivity index (χ3v) is 3.39. The number of ether oxygens (including phenoxy) is 2. The summed E-state index contributed by atoms with van der Waals surface area (Å²) in [5, 5.41) is 4.38. The van der Waals surface area contributed by atoms with E-state index in [0.29, 0.717) is 30.8 Å². The fraction of sp³-hybridized carbons (Fsp3) is 0.471. The van der Waals surface area contributed by atoms with Gasteiger partial charge in [0.2, 0.25) is 0 Å². The van der Waals surface area contributed by atoms with Gasteiger partial charge >= 0.3 is 0 Å². The predicted octanol–water partition coefficient (Wildman–Crippen LogP) is 6.11. The second-order valence-corrected chi connectivity index (χ2v) is 6.12. The van der Waals surface area contributed by atoms with E-state index in [2.05, 4.69) is 5.16 Å². The lowest BCUT2D eigenvalue weighted by molar-refractivity contribution is 0.138. The van der Waals surface area contributed by atoms with E-state index in [9.17, 15) is 8.78 Å². The van der Waals surface area contributed by atoms with Crippen molar-refractivity contribution in [3.05, 3.63) is 34.3 Å². The molecule has 0 N–H and O–H groups in total. The lowest BCUT2D eigenvalue weighted by Crippen LogP contribution is -2.01. The minimum atomic E-state index is -1.81. The molecule has 0 fully saturated rings. The van der Waals surface area contributed by atoms with Gasteiger partial charge in [-0.1, -0.05) is 28.4 Å². The molecule has 0 spiro atoms. The zero-order valence-electron chi connectivity index (χ0n) is 14.2. The van der Waals surface area contributed by atoms with Crippen LogP contribution in [0.25, 0.3) is 0 Å². The molecule has 8 heteroatoms. The van der Waals surface area contributed by atoms with E-state index in [1.54, 1.807) is 0 Å². The van der Waals surface area contributed by atoms with Crippen molar-refractivity contribution >= 4 is 28.9 Å². The molecule has 0 bridgehead atoms. The van der Waals surface area contributed by atoms with Gasteiger partial charge in [-0.15, -0.1) is 0 Å². The maximum absolute atomic E-state index is 12.0. The number of halogens is 4.